The maximum atomic E-state index is 13.0. The SMILES string of the molecule is Oc1ccc(N=Nc2cccc(C(F)(F)F)c2)cc1/C=N\Nc1nc(Nc2ccccc2)nc(N2CCCCC2)n1. The topological polar surface area (TPSA) is 123 Å². The van der Waals surface area contributed by atoms with Gasteiger partial charge in [0.2, 0.25) is 17.8 Å². The van der Waals surface area contributed by atoms with Crippen LogP contribution in [0.2, 0.25) is 0 Å². The van der Waals surface area contributed by atoms with Crippen LogP contribution in [-0.4, -0.2) is 39.4 Å². The molecule has 0 atom stereocenters. The Bertz CT molecular complexity index is 1540. The Kier molecular flexibility index (Phi) is 8.32. The summed E-state index contributed by atoms with van der Waals surface area (Å²) >= 11 is 0. The number of halogens is 3. The van der Waals surface area contributed by atoms with Gasteiger partial charge in [0, 0.05) is 24.3 Å². The number of piperidine rings is 1. The number of para-hydroxylation sites is 1. The first-order valence-corrected chi connectivity index (χ1v) is 12.9. The molecule has 3 aromatic carbocycles. The molecule has 0 radical (unpaired) electrons. The molecule has 4 aromatic rings. The van der Waals surface area contributed by atoms with Gasteiger partial charge < -0.3 is 15.3 Å². The number of phenolic OH excluding ortho intramolecular Hbond substituents is 1. The minimum absolute atomic E-state index is 0.0454. The van der Waals surface area contributed by atoms with Crippen molar-refractivity contribution in [3.63, 3.8) is 0 Å². The van der Waals surface area contributed by atoms with E-state index in [1.165, 1.54) is 36.5 Å². The Labute approximate surface area is 233 Å². The molecule has 3 N–H and O–H groups in total. The molecule has 210 valence electrons. The summed E-state index contributed by atoms with van der Waals surface area (Å²) in [6, 6.07) is 18.4. The van der Waals surface area contributed by atoms with Crippen LogP contribution in [0.1, 0.15) is 30.4 Å². The molecular formula is C28H26F3N9O. The highest BCUT2D eigenvalue weighted by atomic mass is 19.4. The van der Waals surface area contributed by atoms with E-state index >= 15 is 0 Å². The Morgan fingerprint density at radius 3 is 2.29 bits per heavy atom. The zero-order valence-corrected chi connectivity index (χ0v) is 21.8. The summed E-state index contributed by atoms with van der Waals surface area (Å²) < 4.78 is 38.9. The van der Waals surface area contributed by atoms with Gasteiger partial charge >= 0.3 is 6.18 Å². The van der Waals surface area contributed by atoms with Crippen molar-refractivity contribution in [2.75, 3.05) is 28.7 Å². The normalized spacial score (nSPS) is 14.1. The fraction of sp³-hybridized carbons (Fsp3) is 0.214. The van der Waals surface area contributed by atoms with E-state index in [0.717, 1.165) is 50.2 Å². The molecule has 1 saturated heterocycles. The number of aromatic nitrogens is 3. The van der Waals surface area contributed by atoms with Crippen LogP contribution < -0.4 is 15.6 Å². The van der Waals surface area contributed by atoms with Crippen molar-refractivity contribution in [2.45, 2.75) is 25.4 Å². The number of hydrogen-bond donors (Lipinski definition) is 3. The van der Waals surface area contributed by atoms with E-state index < -0.39 is 11.7 Å². The van der Waals surface area contributed by atoms with Crippen LogP contribution in [0.15, 0.2) is 88.1 Å². The first kappa shape index (κ1) is 27.5. The van der Waals surface area contributed by atoms with Crippen molar-refractivity contribution in [3.05, 3.63) is 83.9 Å². The highest BCUT2D eigenvalue weighted by Gasteiger charge is 2.30. The number of aromatic hydroxyl groups is 1. The molecular weight excluding hydrogens is 535 g/mol. The summed E-state index contributed by atoms with van der Waals surface area (Å²) in [6.45, 7) is 1.68. The molecule has 1 fully saturated rings. The van der Waals surface area contributed by atoms with Gasteiger partial charge in [0.05, 0.1) is 23.2 Å². The molecule has 0 spiro atoms. The van der Waals surface area contributed by atoms with E-state index in [0.29, 0.717) is 23.1 Å². The number of hydrogen-bond acceptors (Lipinski definition) is 10. The molecule has 13 heteroatoms. The second kappa shape index (κ2) is 12.4. The van der Waals surface area contributed by atoms with Gasteiger partial charge in [-0.3, -0.25) is 0 Å². The molecule has 0 saturated carbocycles. The Hall–Kier alpha value is -5.07. The van der Waals surface area contributed by atoms with Gasteiger partial charge in [-0.1, -0.05) is 24.3 Å². The predicted molar refractivity (Wildman–Crippen MR) is 151 cm³/mol. The lowest BCUT2D eigenvalue weighted by Gasteiger charge is -2.26. The second-order valence-electron chi connectivity index (χ2n) is 9.18. The third kappa shape index (κ3) is 7.53. The molecule has 0 aliphatic carbocycles. The van der Waals surface area contributed by atoms with E-state index in [1.54, 1.807) is 0 Å². The summed E-state index contributed by atoms with van der Waals surface area (Å²) in [6.07, 6.45) is 0.136. The number of benzene rings is 3. The van der Waals surface area contributed by atoms with Crippen LogP contribution in [0.5, 0.6) is 5.75 Å². The highest BCUT2D eigenvalue weighted by Crippen LogP contribution is 2.32. The second-order valence-corrected chi connectivity index (χ2v) is 9.18. The number of azo groups is 1. The van der Waals surface area contributed by atoms with Gasteiger partial charge in [0.1, 0.15) is 5.75 Å². The average Bonchev–Trinajstić information content (AvgIpc) is 2.98. The quantitative estimate of drug-likeness (QED) is 0.118. The van der Waals surface area contributed by atoms with Crippen molar-refractivity contribution in [1.29, 1.82) is 0 Å². The van der Waals surface area contributed by atoms with Gasteiger partial charge in [0.25, 0.3) is 0 Å². The van der Waals surface area contributed by atoms with Crippen LogP contribution in [0.25, 0.3) is 0 Å². The summed E-state index contributed by atoms with van der Waals surface area (Å²) in [5, 5.41) is 25.5. The van der Waals surface area contributed by atoms with E-state index in [9.17, 15) is 18.3 Å². The fourth-order valence-electron chi connectivity index (χ4n) is 4.08. The van der Waals surface area contributed by atoms with Crippen LogP contribution >= 0.6 is 0 Å². The lowest BCUT2D eigenvalue weighted by atomic mass is 10.1. The van der Waals surface area contributed by atoms with Gasteiger partial charge in [-0.2, -0.15) is 43.5 Å². The Balaban J connectivity index is 1.33. The molecule has 1 aliphatic rings. The van der Waals surface area contributed by atoms with Gasteiger partial charge in [-0.25, -0.2) is 5.43 Å². The zero-order chi connectivity index (χ0) is 28.7. The standard InChI is InChI=1S/C28H26F3N9O/c29-28(30,31)20-8-7-11-22(17-20)37-38-23-12-13-24(41)19(16-23)18-32-39-26-34-25(33-21-9-3-1-4-10-21)35-27(36-26)40-14-5-2-6-15-40/h1,3-4,7-13,16-18,41H,2,5-6,14-15H2,(H2,33,34,35,36,39)/b32-18-,38-37?. The van der Waals surface area contributed by atoms with Crippen LogP contribution in [-0.2, 0) is 6.18 Å². The van der Waals surface area contributed by atoms with Crippen LogP contribution in [0, 0.1) is 0 Å². The van der Waals surface area contributed by atoms with E-state index in [2.05, 4.69) is 45.9 Å². The summed E-state index contributed by atoms with van der Waals surface area (Å²) in [5.41, 5.74) is 3.45. The maximum absolute atomic E-state index is 13.0. The molecule has 0 unspecified atom stereocenters. The van der Waals surface area contributed by atoms with Gasteiger partial charge in [-0.15, -0.1) is 0 Å². The predicted octanol–water partition coefficient (Wildman–Crippen LogP) is 7.19. The van der Waals surface area contributed by atoms with Crippen LogP contribution in [0.4, 0.5) is 48.1 Å². The Morgan fingerprint density at radius 2 is 1.54 bits per heavy atom. The number of anilines is 4. The third-order valence-electron chi connectivity index (χ3n) is 6.13. The Morgan fingerprint density at radius 1 is 0.805 bits per heavy atom. The molecule has 10 nitrogen and oxygen atoms in total. The monoisotopic (exact) mass is 561 g/mol. The molecule has 1 aliphatic heterocycles. The van der Waals surface area contributed by atoms with E-state index in [1.807, 2.05) is 30.3 Å². The molecule has 2 heterocycles. The minimum atomic E-state index is -4.48. The van der Waals surface area contributed by atoms with Crippen molar-refractivity contribution in [2.24, 2.45) is 15.3 Å². The fourth-order valence-corrected chi connectivity index (χ4v) is 4.08. The molecule has 41 heavy (non-hydrogen) atoms. The number of nitrogens with zero attached hydrogens (tertiary/aromatic N) is 7. The van der Waals surface area contributed by atoms with Crippen molar-refractivity contribution in [3.8, 4) is 5.75 Å². The first-order valence-electron chi connectivity index (χ1n) is 12.9. The average molecular weight is 562 g/mol. The van der Waals surface area contributed by atoms with Crippen LogP contribution in [0.3, 0.4) is 0 Å². The van der Waals surface area contributed by atoms with E-state index in [-0.39, 0.29) is 17.4 Å². The van der Waals surface area contributed by atoms with Gasteiger partial charge in [-0.05, 0) is 67.8 Å². The maximum Gasteiger partial charge on any atom is 0.416 e. The number of alkyl halides is 3. The number of phenols is 1. The number of nitrogens with one attached hydrogen (secondary N) is 2. The minimum Gasteiger partial charge on any atom is -0.507 e. The largest absolute Gasteiger partial charge is 0.507 e. The van der Waals surface area contributed by atoms with Crippen molar-refractivity contribution >= 4 is 41.1 Å². The lowest BCUT2D eigenvalue weighted by molar-refractivity contribution is -0.137. The number of rotatable bonds is 8. The molecule has 5 rings (SSSR count). The smallest absolute Gasteiger partial charge is 0.416 e. The third-order valence-corrected chi connectivity index (χ3v) is 6.13. The molecule has 0 amide bonds. The molecule has 1 aromatic heterocycles. The summed E-state index contributed by atoms with van der Waals surface area (Å²) in [5.74, 6) is 1.000. The zero-order valence-electron chi connectivity index (χ0n) is 21.8. The molecule has 0 bridgehead atoms. The van der Waals surface area contributed by atoms with E-state index in [4.69, 9.17) is 0 Å². The summed E-state index contributed by atoms with van der Waals surface area (Å²) in [4.78, 5) is 15.6. The highest BCUT2D eigenvalue weighted by molar-refractivity contribution is 5.85. The van der Waals surface area contributed by atoms with Gasteiger partial charge in [0.15, 0.2) is 0 Å². The van der Waals surface area contributed by atoms with Crippen molar-refractivity contribution in [1.82, 2.24) is 15.0 Å². The number of hydrazone groups is 1. The van der Waals surface area contributed by atoms with Crippen molar-refractivity contribution < 1.29 is 18.3 Å². The lowest BCUT2D eigenvalue weighted by Crippen LogP contribution is -2.31. The first-order chi connectivity index (χ1) is 19.8. The summed E-state index contributed by atoms with van der Waals surface area (Å²) in [7, 11) is 0.